The van der Waals surface area contributed by atoms with Crippen molar-refractivity contribution in [2.24, 2.45) is 5.73 Å². The fourth-order valence-corrected chi connectivity index (χ4v) is 5.58. The fourth-order valence-electron chi connectivity index (χ4n) is 5.36. The summed E-state index contributed by atoms with van der Waals surface area (Å²) in [6.45, 7) is 0. The van der Waals surface area contributed by atoms with Crippen LogP contribution in [0.2, 0.25) is 5.02 Å². The number of esters is 1. The van der Waals surface area contributed by atoms with Gasteiger partial charge in [0.2, 0.25) is 5.91 Å². The van der Waals surface area contributed by atoms with E-state index in [-0.39, 0.29) is 29.2 Å². The lowest BCUT2D eigenvalue weighted by Crippen LogP contribution is -2.54. The van der Waals surface area contributed by atoms with Crippen molar-refractivity contribution in [1.29, 1.82) is 0 Å². The monoisotopic (exact) mass is 463 g/mol. The summed E-state index contributed by atoms with van der Waals surface area (Å²) in [7, 11) is 2.87. The summed E-state index contributed by atoms with van der Waals surface area (Å²) in [6.07, 6.45) is 1.37. The lowest BCUT2D eigenvalue weighted by Gasteiger charge is -2.44. The molecule has 5 rings (SSSR count). The second-order valence-corrected chi connectivity index (χ2v) is 8.68. The minimum absolute atomic E-state index is 0.0295. The molecule has 1 spiro atoms. The van der Waals surface area contributed by atoms with E-state index < -0.39 is 17.3 Å². The fraction of sp³-hybridized carbons (Fsp3) is 0.240. The van der Waals surface area contributed by atoms with E-state index in [0.29, 0.717) is 40.5 Å². The summed E-state index contributed by atoms with van der Waals surface area (Å²) in [6, 6.07) is 14.2. The second-order valence-electron chi connectivity index (χ2n) is 8.27. The molecule has 3 aliphatic rings. The third-order valence-corrected chi connectivity index (χ3v) is 7.00. The number of carbonyl (C=O) groups is 3. The van der Waals surface area contributed by atoms with Crippen LogP contribution >= 0.6 is 11.6 Å². The van der Waals surface area contributed by atoms with E-state index >= 15 is 0 Å². The highest BCUT2D eigenvalue weighted by Crippen LogP contribution is 2.57. The number of fused-ring (bicyclic) bond motifs is 3. The standard InChI is InChI=1S/C25H22ClN3O4/c1-28-16-10-5-3-8-14(16)25(24(28)32)20-18(12-7-13-19(20)30)29(17-11-6-4-9-15(17)26)22(27)21(25)23(31)33-2/h3-6,8-11H,7,12-13,27H2,1-2H3. The number of allylic oxidation sites excluding steroid dienone is 1. The number of Topliss-reactive ketones (excluding diaryl/α,β-unsaturated/α-hetero) is 1. The summed E-state index contributed by atoms with van der Waals surface area (Å²) in [5.41, 5.74) is 7.51. The van der Waals surface area contributed by atoms with E-state index in [2.05, 4.69) is 0 Å². The van der Waals surface area contributed by atoms with Crippen LogP contribution in [0.4, 0.5) is 11.4 Å². The third-order valence-electron chi connectivity index (χ3n) is 6.68. The second kappa shape index (κ2) is 7.49. The zero-order valence-electron chi connectivity index (χ0n) is 18.2. The van der Waals surface area contributed by atoms with Gasteiger partial charge >= 0.3 is 5.97 Å². The SMILES string of the molecule is COC(=O)C1=C(N)N(c2ccccc2Cl)C2=C(C(=O)CCC2)C12C(=O)N(C)c1ccccc12. The van der Waals surface area contributed by atoms with Crippen molar-refractivity contribution in [1.82, 2.24) is 0 Å². The molecule has 0 fully saturated rings. The molecule has 0 aromatic heterocycles. The Morgan fingerprint density at radius 2 is 1.73 bits per heavy atom. The van der Waals surface area contributed by atoms with E-state index in [9.17, 15) is 14.4 Å². The summed E-state index contributed by atoms with van der Waals surface area (Å²) >= 11 is 6.52. The van der Waals surface area contributed by atoms with Gasteiger partial charge in [-0.1, -0.05) is 41.9 Å². The largest absolute Gasteiger partial charge is 0.466 e. The highest BCUT2D eigenvalue weighted by Gasteiger charge is 2.63. The highest BCUT2D eigenvalue weighted by atomic mass is 35.5. The predicted molar refractivity (Wildman–Crippen MR) is 125 cm³/mol. The molecule has 33 heavy (non-hydrogen) atoms. The minimum atomic E-state index is -1.67. The van der Waals surface area contributed by atoms with Crippen LogP contribution in [-0.2, 0) is 24.5 Å². The quantitative estimate of drug-likeness (QED) is 0.686. The normalized spacial score (nSPS) is 22.2. The van der Waals surface area contributed by atoms with Crippen molar-refractivity contribution in [3.63, 3.8) is 0 Å². The van der Waals surface area contributed by atoms with Gasteiger partial charge in [-0.2, -0.15) is 0 Å². The minimum Gasteiger partial charge on any atom is -0.466 e. The molecule has 8 heteroatoms. The number of likely N-dealkylation sites (N-methyl/N-ethyl adjacent to an activating group) is 1. The van der Waals surface area contributed by atoms with Crippen molar-refractivity contribution in [3.05, 3.63) is 81.8 Å². The Balaban J connectivity index is 1.95. The Kier molecular flexibility index (Phi) is 4.83. The molecule has 0 radical (unpaired) electrons. The Hall–Kier alpha value is -3.58. The van der Waals surface area contributed by atoms with Gasteiger partial charge in [-0.15, -0.1) is 0 Å². The molecule has 2 N–H and O–H groups in total. The van der Waals surface area contributed by atoms with Crippen LogP contribution in [-0.4, -0.2) is 31.8 Å². The maximum atomic E-state index is 14.0. The zero-order chi connectivity index (χ0) is 23.5. The first-order chi connectivity index (χ1) is 15.9. The molecule has 1 atom stereocenters. The number of nitrogens with two attached hydrogens (primary N) is 1. The summed E-state index contributed by atoms with van der Waals surface area (Å²) in [4.78, 5) is 44.0. The van der Waals surface area contributed by atoms with Gasteiger partial charge in [0.1, 0.15) is 16.8 Å². The molecule has 0 saturated heterocycles. The summed E-state index contributed by atoms with van der Waals surface area (Å²) in [5, 5.41) is 0.403. The maximum absolute atomic E-state index is 14.0. The van der Waals surface area contributed by atoms with Crippen LogP contribution in [0.25, 0.3) is 0 Å². The Bertz CT molecular complexity index is 1300. The molecule has 1 amide bonds. The lowest BCUT2D eigenvalue weighted by molar-refractivity contribution is -0.138. The Morgan fingerprint density at radius 3 is 2.42 bits per heavy atom. The van der Waals surface area contributed by atoms with E-state index in [1.807, 2.05) is 6.07 Å². The van der Waals surface area contributed by atoms with Crippen molar-refractivity contribution in [2.45, 2.75) is 24.7 Å². The smallest absolute Gasteiger partial charge is 0.339 e. The third kappa shape index (κ3) is 2.66. The molecule has 2 heterocycles. The van der Waals surface area contributed by atoms with Crippen LogP contribution in [0.1, 0.15) is 24.8 Å². The zero-order valence-corrected chi connectivity index (χ0v) is 19.0. The maximum Gasteiger partial charge on any atom is 0.339 e. The number of ketones is 1. The Morgan fingerprint density at radius 1 is 1.06 bits per heavy atom. The molecular weight excluding hydrogens is 442 g/mol. The van der Waals surface area contributed by atoms with Crippen molar-refractivity contribution in [3.8, 4) is 0 Å². The lowest BCUT2D eigenvalue weighted by atomic mass is 9.63. The summed E-state index contributed by atoms with van der Waals surface area (Å²) in [5.74, 6) is -1.34. The van der Waals surface area contributed by atoms with Crippen LogP contribution in [0, 0.1) is 0 Å². The number of carbonyl (C=O) groups excluding carboxylic acids is 3. The van der Waals surface area contributed by atoms with Gasteiger partial charge in [0.15, 0.2) is 5.78 Å². The average Bonchev–Trinajstić information content (AvgIpc) is 3.03. The number of para-hydroxylation sites is 2. The van der Waals surface area contributed by atoms with Crippen molar-refractivity contribution in [2.75, 3.05) is 24.0 Å². The number of benzene rings is 2. The molecule has 0 bridgehead atoms. The van der Waals surface area contributed by atoms with E-state index in [0.717, 1.165) is 0 Å². The first-order valence-corrected chi connectivity index (χ1v) is 11.0. The van der Waals surface area contributed by atoms with Crippen LogP contribution in [0.5, 0.6) is 0 Å². The molecule has 168 valence electrons. The number of halogens is 1. The van der Waals surface area contributed by atoms with Gasteiger partial charge in [0.05, 0.1) is 17.8 Å². The van der Waals surface area contributed by atoms with Gasteiger partial charge in [-0.05, 0) is 31.0 Å². The summed E-state index contributed by atoms with van der Waals surface area (Å²) < 4.78 is 5.13. The van der Waals surface area contributed by atoms with Gasteiger partial charge in [0.25, 0.3) is 0 Å². The molecular formula is C25H22ClN3O4. The van der Waals surface area contributed by atoms with Gasteiger partial charge in [-0.25, -0.2) is 4.79 Å². The topological polar surface area (TPSA) is 92.9 Å². The molecule has 2 aromatic carbocycles. The molecule has 2 aromatic rings. The first-order valence-electron chi connectivity index (χ1n) is 10.6. The molecule has 1 aliphatic carbocycles. The number of methoxy groups -OCH3 is 1. The van der Waals surface area contributed by atoms with Crippen LogP contribution in [0.15, 0.2) is 71.2 Å². The van der Waals surface area contributed by atoms with E-state index in [4.69, 9.17) is 22.1 Å². The van der Waals surface area contributed by atoms with Crippen LogP contribution in [0.3, 0.4) is 0 Å². The van der Waals surface area contributed by atoms with E-state index in [1.165, 1.54) is 12.0 Å². The van der Waals surface area contributed by atoms with Crippen molar-refractivity contribution < 1.29 is 19.1 Å². The van der Waals surface area contributed by atoms with Gasteiger partial charge < -0.3 is 15.4 Å². The van der Waals surface area contributed by atoms with Crippen molar-refractivity contribution >= 4 is 40.6 Å². The number of ether oxygens (including phenoxy) is 1. The number of hydrogen-bond acceptors (Lipinski definition) is 6. The number of rotatable bonds is 2. The number of anilines is 2. The van der Waals surface area contributed by atoms with Gasteiger partial charge in [-0.3, -0.25) is 14.5 Å². The molecule has 1 unspecified atom stereocenters. The average molecular weight is 464 g/mol. The Labute approximate surface area is 196 Å². The molecule has 7 nitrogen and oxygen atoms in total. The number of nitrogens with zero attached hydrogens (tertiary/aromatic N) is 2. The number of hydrogen-bond donors (Lipinski definition) is 1. The highest BCUT2D eigenvalue weighted by molar-refractivity contribution is 6.33. The van der Waals surface area contributed by atoms with Crippen LogP contribution < -0.4 is 15.5 Å². The molecule has 2 aliphatic heterocycles. The predicted octanol–water partition coefficient (Wildman–Crippen LogP) is 3.42. The molecule has 0 saturated carbocycles. The van der Waals surface area contributed by atoms with Gasteiger partial charge in [0, 0.05) is 36.0 Å². The first kappa shape index (κ1) is 21.3. The van der Waals surface area contributed by atoms with E-state index in [1.54, 1.807) is 54.4 Å². The number of amides is 1.